The minimum absolute atomic E-state index is 0.196. The molecule has 0 heterocycles. The smallest absolute Gasteiger partial charge is 0.350 e. The maximum absolute atomic E-state index is 12.9. The van der Waals surface area contributed by atoms with Gasteiger partial charge in [0.2, 0.25) is 0 Å². The Labute approximate surface area is 220 Å². The summed E-state index contributed by atoms with van der Waals surface area (Å²) >= 11 is 5.87. The number of carbonyl (C=O) groups is 2. The van der Waals surface area contributed by atoms with Crippen molar-refractivity contribution in [2.45, 2.75) is 37.8 Å². The quantitative estimate of drug-likeness (QED) is 0.181. The summed E-state index contributed by atoms with van der Waals surface area (Å²) in [6, 6.07) is 12.8. The van der Waals surface area contributed by atoms with Crippen molar-refractivity contribution in [3.8, 4) is 5.75 Å². The van der Waals surface area contributed by atoms with Gasteiger partial charge in [0.15, 0.2) is 11.4 Å². The Kier molecular flexibility index (Phi) is 12.4. The number of ether oxygens (including phenoxy) is 4. The fourth-order valence-corrected chi connectivity index (χ4v) is 3.13. The summed E-state index contributed by atoms with van der Waals surface area (Å²) in [6.45, 7) is 0.762. The Morgan fingerprint density at radius 3 is 1.62 bits per heavy atom. The Bertz CT molecular complexity index is 954. The van der Waals surface area contributed by atoms with Crippen LogP contribution in [0.25, 0.3) is 0 Å². The first-order chi connectivity index (χ1) is 17.6. The van der Waals surface area contributed by atoms with Gasteiger partial charge in [-0.15, -0.1) is 0 Å². The lowest BCUT2D eigenvalue weighted by Crippen LogP contribution is -2.44. The second kappa shape index (κ2) is 15.0. The van der Waals surface area contributed by atoms with Gasteiger partial charge in [-0.3, -0.25) is 4.79 Å². The molecular formula is C26H33ClO10. The standard InChI is InChI=1S/C26H33ClO10/c1-26(2,25(33)36-23(15-34-21(11-28)12-29)16-35-22(13-30)14-31)37-20-9-5-18(6-10-20)24(32)17-3-7-19(27)8-4-17/h3-10,21-23,28-31H,11-16H2,1-2H3. The molecule has 0 bridgehead atoms. The van der Waals surface area contributed by atoms with Crippen molar-refractivity contribution in [3.63, 3.8) is 0 Å². The van der Waals surface area contributed by atoms with E-state index in [4.69, 9.17) is 30.5 Å². The van der Waals surface area contributed by atoms with E-state index in [-0.39, 0.29) is 19.0 Å². The second-order valence-corrected chi connectivity index (χ2v) is 9.08. The number of aliphatic hydroxyl groups is 4. The Balaban J connectivity index is 2.04. The number of ketones is 1. The van der Waals surface area contributed by atoms with Gasteiger partial charge < -0.3 is 39.4 Å². The van der Waals surface area contributed by atoms with Gasteiger partial charge in [-0.25, -0.2) is 4.79 Å². The van der Waals surface area contributed by atoms with Crippen molar-refractivity contribution in [1.29, 1.82) is 0 Å². The highest BCUT2D eigenvalue weighted by Crippen LogP contribution is 2.22. The third-order valence-electron chi connectivity index (χ3n) is 5.21. The fourth-order valence-electron chi connectivity index (χ4n) is 3.00. The molecule has 0 radical (unpaired) electrons. The third kappa shape index (κ3) is 9.67. The molecule has 2 rings (SSSR count). The average molecular weight is 541 g/mol. The molecule has 204 valence electrons. The predicted octanol–water partition coefficient (Wildman–Crippen LogP) is 1.38. The topological polar surface area (TPSA) is 152 Å². The summed E-state index contributed by atoms with van der Waals surface area (Å²) in [5.41, 5.74) is -0.554. The molecule has 2 aromatic rings. The van der Waals surface area contributed by atoms with Crippen molar-refractivity contribution < 1.29 is 49.0 Å². The lowest BCUT2D eigenvalue weighted by molar-refractivity contribution is -0.176. The van der Waals surface area contributed by atoms with Crippen LogP contribution in [0.4, 0.5) is 0 Å². The van der Waals surface area contributed by atoms with Crippen LogP contribution in [0, 0.1) is 0 Å². The Morgan fingerprint density at radius 1 is 0.757 bits per heavy atom. The highest BCUT2D eigenvalue weighted by atomic mass is 35.5. The molecule has 0 aromatic heterocycles. The lowest BCUT2D eigenvalue weighted by atomic mass is 10.0. The number of halogens is 1. The number of esters is 1. The van der Waals surface area contributed by atoms with Crippen LogP contribution in [0.1, 0.15) is 29.8 Å². The van der Waals surface area contributed by atoms with Gasteiger partial charge in [0.05, 0.1) is 39.6 Å². The normalized spacial score (nSPS) is 11.8. The minimum atomic E-state index is -1.46. The zero-order valence-corrected chi connectivity index (χ0v) is 21.5. The number of rotatable bonds is 16. The van der Waals surface area contributed by atoms with E-state index in [1.165, 1.54) is 13.8 Å². The van der Waals surface area contributed by atoms with Crippen LogP contribution >= 0.6 is 11.6 Å². The molecule has 0 unspecified atom stereocenters. The molecule has 4 N–H and O–H groups in total. The zero-order valence-electron chi connectivity index (χ0n) is 20.7. The molecule has 2 aromatic carbocycles. The molecule has 0 saturated heterocycles. The molecule has 0 amide bonds. The molecule has 0 spiro atoms. The summed E-state index contributed by atoms with van der Waals surface area (Å²) in [5, 5.41) is 37.3. The summed E-state index contributed by atoms with van der Waals surface area (Å²) in [5.74, 6) is -0.641. The fraction of sp³-hybridized carbons (Fsp3) is 0.462. The number of carbonyl (C=O) groups excluding carboxylic acids is 2. The first-order valence-corrected chi connectivity index (χ1v) is 12.0. The van der Waals surface area contributed by atoms with Crippen LogP contribution in [-0.2, 0) is 19.0 Å². The summed E-state index contributed by atoms with van der Waals surface area (Å²) < 4.78 is 22.0. The summed E-state index contributed by atoms with van der Waals surface area (Å²) in [6.07, 6.45) is -2.76. The predicted molar refractivity (Wildman–Crippen MR) is 134 cm³/mol. The molecule has 0 atom stereocenters. The van der Waals surface area contributed by atoms with E-state index in [9.17, 15) is 30.0 Å². The molecule has 0 fully saturated rings. The van der Waals surface area contributed by atoms with Gasteiger partial charge >= 0.3 is 5.97 Å². The molecular weight excluding hydrogens is 508 g/mol. The molecule has 37 heavy (non-hydrogen) atoms. The maximum Gasteiger partial charge on any atom is 0.350 e. The van der Waals surface area contributed by atoms with Gasteiger partial charge in [0.25, 0.3) is 0 Å². The summed E-state index contributed by atoms with van der Waals surface area (Å²) in [4.78, 5) is 25.6. The van der Waals surface area contributed by atoms with Crippen LogP contribution in [0.2, 0.25) is 5.02 Å². The van der Waals surface area contributed by atoms with Crippen molar-refractivity contribution in [1.82, 2.24) is 0 Å². The minimum Gasteiger partial charge on any atom is -0.476 e. The van der Waals surface area contributed by atoms with Crippen molar-refractivity contribution >= 4 is 23.4 Å². The van der Waals surface area contributed by atoms with Crippen molar-refractivity contribution in [2.75, 3.05) is 39.6 Å². The molecule has 0 aliphatic carbocycles. The number of hydrogen-bond donors (Lipinski definition) is 4. The van der Waals surface area contributed by atoms with Crippen LogP contribution < -0.4 is 4.74 Å². The zero-order chi connectivity index (χ0) is 27.4. The van der Waals surface area contributed by atoms with Crippen molar-refractivity contribution in [3.05, 3.63) is 64.7 Å². The van der Waals surface area contributed by atoms with Crippen LogP contribution in [-0.4, -0.2) is 95.7 Å². The van der Waals surface area contributed by atoms with E-state index in [2.05, 4.69) is 0 Å². The molecule has 0 aliphatic rings. The van der Waals surface area contributed by atoms with E-state index in [1.54, 1.807) is 48.5 Å². The van der Waals surface area contributed by atoms with Crippen LogP contribution in [0.3, 0.4) is 0 Å². The van der Waals surface area contributed by atoms with E-state index in [0.29, 0.717) is 21.9 Å². The molecule has 0 saturated carbocycles. The largest absolute Gasteiger partial charge is 0.476 e. The van der Waals surface area contributed by atoms with E-state index < -0.39 is 56.3 Å². The van der Waals surface area contributed by atoms with E-state index >= 15 is 0 Å². The van der Waals surface area contributed by atoms with Crippen LogP contribution in [0.15, 0.2) is 48.5 Å². The highest BCUT2D eigenvalue weighted by molar-refractivity contribution is 6.30. The first-order valence-electron chi connectivity index (χ1n) is 11.6. The molecule has 0 aliphatic heterocycles. The Morgan fingerprint density at radius 2 is 1.19 bits per heavy atom. The van der Waals surface area contributed by atoms with Gasteiger partial charge in [-0.2, -0.15) is 0 Å². The van der Waals surface area contributed by atoms with Gasteiger partial charge in [-0.05, 0) is 62.4 Å². The molecule has 10 nitrogen and oxygen atoms in total. The monoisotopic (exact) mass is 540 g/mol. The highest BCUT2D eigenvalue weighted by Gasteiger charge is 2.34. The van der Waals surface area contributed by atoms with Gasteiger partial charge in [-0.1, -0.05) is 11.6 Å². The summed E-state index contributed by atoms with van der Waals surface area (Å²) in [7, 11) is 0. The van der Waals surface area contributed by atoms with Crippen molar-refractivity contribution in [2.24, 2.45) is 0 Å². The second-order valence-electron chi connectivity index (χ2n) is 8.64. The SMILES string of the molecule is CC(C)(Oc1ccc(C(=O)c2ccc(Cl)cc2)cc1)C(=O)OC(COC(CO)CO)COC(CO)CO. The Hall–Kier alpha value is -2.57. The molecule has 11 heteroatoms. The first kappa shape index (κ1) is 30.7. The number of hydrogen-bond acceptors (Lipinski definition) is 10. The van der Waals surface area contributed by atoms with E-state index in [1.807, 2.05) is 0 Å². The van der Waals surface area contributed by atoms with E-state index in [0.717, 1.165) is 0 Å². The van der Waals surface area contributed by atoms with Crippen LogP contribution in [0.5, 0.6) is 5.75 Å². The van der Waals surface area contributed by atoms with Gasteiger partial charge in [0.1, 0.15) is 24.1 Å². The number of benzene rings is 2. The van der Waals surface area contributed by atoms with Gasteiger partial charge in [0, 0.05) is 16.1 Å². The average Bonchev–Trinajstić information content (AvgIpc) is 2.89. The number of aliphatic hydroxyl groups excluding tert-OH is 4. The third-order valence-corrected chi connectivity index (χ3v) is 5.46. The lowest BCUT2D eigenvalue weighted by Gasteiger charge is -2.28. The maximum atomic E-state index is 12.9.